The van der Waals surface area contributed by atoms with E-state index in [4.69, 9.17) is 11.7 Å². The van der Waals surface area contributed by atoms with E-state index in [1.807, 2.05) is 5.43 Å². The van der Waals surface area contributed by atoms with Gasteiger partial charge in [0.25, 0.3) is 5.56 Å². The maximum Gasteiger partial charge on any atom is 0.328 e. The van der Waals surface area contributed by atoms with Crippen LogP contribution in [0.1, 0.15) is 12.8 Å². The van der Waals surface area contributed by atoms with Crippen molar-refractivity contribution in [3.8, 4) is 0 Å². The standard InChI is InChI=1S/C10H16N6O4/c11-14-7(17)2-6-16(12)9(19)3-5-15-8(18)1-4-13-10(15)20/h1,4H,2-3,5-6,11-12H2,(H,13,20)(H,14,17). The molecular formula is C10H16N6O4. The molecule has 1 aromatic rings. The third kappa shape index (κ3) is 4.33. The minimum absolute atomic E-state index is 0.0120. The number of nitrogens with one attached hydrogen (secondary N) is 2. The third-order valence-corrected chi connectivity index (χ3v) is 2.55. The van der Waals surface area contributed by atoms with Gasteiger partial charge >= 0.3 is 5.69 Å². The van der Waals surface area contributed by atoms with Crippen LogP contribution in [0.2, 0.25) is 0 Å². The molecule has 10 heteroatoms. The Hall–Kier alpha value is -2.46. The van der Waals surface area contributed by atoms with E-state index in [9.17, 15) is 19.2 Å². The molecule has 0 spiro atoms. The smallest absolute Gasteiger partial charge is 0.314 e. The molecule has 2 amide bonds. The second kappa shape index (κ2) is 7.21. The molecule has 0 saturated carbocycles. The summed E-state index contributed by atoms with van der Waals surface area (Å²) < 4.78 is 0.887. The first-order valence-corrected chi connectivity index (χ1v) is 5.78. The summed E-state index contributed by atoms with van der Waals surface area (Å²) in [5, 5.41) is 0.845. The van der Waals surface area contributed by atoms with Crippen molar-refractivity contribution in [2.24, 2.45) is 11.7 Å². The zero-order chi connectivity index (χ0) is 15.1. The topological polar surface area (TPSA) is 156 Å². The molecule has 0 aliphatic rings. The number of hydrazine groups is 2. The minimum atomic E-state index is -0.601. The summed E-state index contributed by atoms with van der Waals surface area (Å²) in [6, 6.07) is 1.18. The molecule has 0 aliphatic heterocycles. The Labute approximate surface area is 113 Å². The normalized spacial score (nSPS) is 10.1. The van der Waals surface area contributed by atoms with Crippen LogP contribution in [0.5, 0.6) is 0 Å². The summed E-state index contributed by atoms with van der Waals surface area (Å²) in [6.45, 7) is -0.105. The molecule has 10 nitrogen and oxygen atoms in total. The highest BCUT2D eigenvalue weighted by molar-refractivity contribution is 5.78. The number of nitrogens with zero attached hydrogens (tertiary/aromatic N) is 2. The van der Waals surface area contributed by atoms with E-state index >= 15 is 0 Å². The quantitative estimate of drug-likeness (QED) is 0.248. The Bertz CT molecular complexity index is 564. The predicted molar refractivity (Wildman–Crippen MR) is 68.8 cm³/mol. The summed E-state index contributed by atoms with van der Waals surface area (Å²) >= 11 is 0. The number of carbonyl (C=O) groups excluding carboxylic acids is 2. The summed E-state index contributed by atoms with van der Waals surface area (Å²) in [7, 11) is 0. The van der Waals surface area contributed by atoms with Crippen molar-refractivity contribution < 1.29 is 9.59 Å². The van der Waals surface area contributed by atoms with Gasteiger partial charge in [0.05, 0.1) is 0 Å². The van der Waals surface area contributed by atoms with Gasteiger partial charge in [-0.15, -0.1) is 0 Å². The highest BCUT2D eigenvalue weighted by Gasteiger charge is 2.12. The number of amides is 2. The maximum absolute atomic E-state index is 11.7. The summed E-state index contributed by atoms with van der Waals surface area (Å²) in [4.78, 5) is 47.6. The SMILES string of the molecule is NNC(=O)CCN(N)C(=O)CCn1c(=O)cc[nH]c1=O. The van der Waals surface area contributed by atoms with Gasteiger partial charge in [-0.1, -0.05) is 0 Å². The van der Waals surface area contributed by atoms with Crippen LogP contribution < -0.4 is 28.4 Å². The van der Waals surface area contributed by atoms with E-state index in [0.29, 0.717) is 0 Å². The fraction of sp³-hybridized carbons (Fsp3) is 0.400. The van der Waals surface area contributed by atoms with Crippen LogP contribution in [0.4, 0.5) is 0 Å². The third-order valence-electron chi connectivity index (χ3n) is 2.55. The molecular weight excluding hydrogens is 268 g/mol. The number of hydrogen-bond acceptors (Lipinski definition) is 6. The lowest BCUT2D eigenvalue weighted by Crippen LogP contribution is -2.42. The lowest BCUT2D eigenvalue weighted by Gasteiger charge is -2.16. The number of carbonyl (C=O) groups is 2. The highest BCUT2D eigenvalue weighted by atomic mass is 16.2. The molecule has 0 radical (unpaired) electrons. The van der Waals surface area contributed by atoms with E-state index in [-0.39, 0.29) is 25.9 Å². The second-order valence-corrected chi connectivity index (χ2v) is 3.93. The van der Waals surface area contributed by atoms with Crippen LogP contribution in [-0.4, -0.2) is 32.9 Å². The van der Waals surface area contributed by atoms with Crippen LogP contribution >= 0.6 is 0 Å². The lowest BCUT2D eigenvalue weighted by atomic mass is 10.3. The van der Waals surface area contributed by atoms with E-state index in [1.54, 1.807) is 0 Å². The molecule has 1 heterocycles. The molecule has 6 N–H and O–H groups in total. The van der Waals surface area contributed by atoms with Gasteiger partial charge < -0.3 is 4.98 Å². The van der Waals surface area contributed by atoms with Crippen LogP contribution in [-0.2, 0) is 16.1 Å². The van der Waals surface area contributed by atoms with Gasteiger partial charge in [0.1, 0.15) is 0 Å². The van der Waals surface area contributed by atoms with Crippen molar-refractivity contribution in [2.45, 2.75) is 19.4 Å². The van der Waals surface area contributed by atoms with Crippen LogP contribution in [0, 0.1) is 0 Å². The van der Waals surface area contributed by atoms with Crippen molar-refractivity contribution in [2.75, 3.05) is 6.54 Å². The highest BCUT2D eigenvalue weighted by Crippen LogP contribution is 1.92. The Morgan fingerprint density at radius 3 is 2.65 bits per heavy atom. The van der Waals surface area contributed by atoms with Crippen molar-refractivity contribution in [3.05, 3.63) is 33.1 Å². The van der Waals surface area contributed by atoms with Gasteiger partial charge in [-0.2, -0.15) is 0 Å². The zero-order valence-corrected chi connectivity index (χ0v) is 10.7. The number of hydrogen-bond donors (Lipinski definition) is 4. The first kappa shape index (κ1) is 15.6. The molecule has 0 atom stereocenters. The molecule has 1 rings (SSSR count). The lowest BCUT2D eigenvalue weighted by molar-refractivity contribution is -0.132. The minimum Gasteiger partial charge on any atom is -0.314 e. The first-order chi connectivity index (χ1) is 9.45. The number of H-pyrrole nitrogens is 1. The number of aromatic nitrogens is 2. The maximum atomic E-state index is 11.7. The average Bonchev–Trinajstić information content (AvgIpc) is 2.43. The molecule has 0 aromatic carbocycles. The van der Waals surface area contributed by atoms with Gasteiger partial charge in [0, 0.05) is 38.2 Å². The van der Waals surface area contributed by atoms with Gasteiger partial charge in [0.15, 0.2) is 0 Å². The summed E-state index contributed by atoms with van der Waals surface area (Å²) in [5.74, 6) is 9.38. The average molecular weight is 284 g/mol. The van der Waals surface area contributed by atoms with E-state index < -0.39 is 23.1 Å². The van der Waals surface area contributed by atoms with Crippen LogP contribution in [0.25, 0.3) is 0 Å². The van der Waals surface area contributed by atoms with Crippen molar-refractivity contribution >= 4 is 11.8 Å². The Kier molecular flexibility index (Phi) is 5.62. The first-order valence-electron chi connectivity index (χ1n) is 5.78. The molecule has 0 unspecified atom stereocenters. The van der Waals surface area contributed by atoms with E-state index in [0.717, 1.165) is 9.58 Å². The number of rotatable bonds is 6. The zero-order valence-electron chi connectivity index (χ0n) is 10.7. The van der Waals surface area contributed by atoms with Crippen LogP contribution in [0.15, 0.2) is 21.9 Å². The Morgan fingerprint density at radius 2 is 2.05 bits per heavy atom. The Balaban J connectivity index is 2.53. The summed E-state index contributed by atoms with van der Waals surface area (Å²) in [6.07, 6.45) is 1.06. The largest absolute Gasteiger partial charge is 0.328 e. The molecule has 0 aliphatic carbocycles. The van der Waals surface area contributed by atoms with Gasteiger partial charge in [-0.05, 0) is 0 Å². The molecule has 0 bridgehead atoms. The van der Waals surface area contributed by atoms with Gasteiger partial charge in [-0.3, -0.25) is 29.4 Å². The monoisotopic (exact) mass is 284 g/mol. The van der Waals surface area contributed by atoms with Crippen molar-refractivity contribution in [1.82, 2.24) is 20.0 Å². The molecule has 0 saturated heterocycles. The second-order valence-electron chi connectivity index (χ2n) is 3.93. The Morgan fingerprint density at radius 1 is 1.35 bits per heavy atom. The van der Waals surface area contributed by atoms with Gasteiger partial charge in [0.2, 0.25) is 11.8 Å². The number of nitrogens with two attached hydrogens (primary N) is 2. The predicted octanol–water partition coefficient (Wildman–Crippen LogP) is -2.99. The molecule has 110 valence electrons. The summed E-state index contributed by atoms with van der Waals surface area (Å²) in [5.41, 5.74) is 0.801. The van der Waals surface area contributed by atoms with Crippen molar-refractivity contribution in [3.63, 3.8) is 0 Å². The molecule has 0 fully saturated rings. The van der Waals surface area contributed by atoms with Gasteiger partial charge in [-0.25, -0.2) is 16.5 Å². The molecule has 20 heavy (non-hydrogen) atoms. The fourth-order valence-electron chi connectivity index (χ4n) is 1.43. The van der Waals surface area contributed by atoms with Crippen molar-refractivity contribution in [1.29, 1.82) is 0 Å². The fourth-order valence-corrected chi connectivity index (χ4v) is 1.43. The van der Waals surface area contributed by atoms with Crippen LogP contribution in [0.3, 0.4) is 0 Å². The molecule has 1 aromatic heterocycles. The van der Waals surface area contributed by atoms with E-state index in [2.05, 4.69) is 4.98 Å². The number of aromatic amines is 1. The van der Waals surface area contributed by atoms with E-state index in [1.165, 1.54) is 12.3 Å².